The van der Waals surface area contributed by atoms with Crippen molar-refractivity contribution in [3.8, 4) is 11.1 Å². The molecule has 1 aliphatic heterocycles. The number of hydrogen-bond acceptors (Lipinski definition) is 2. The molecule has 1 aliphatic carbocycles. The van der Waals surface area contributed by atoms with Crippen LogP contribution in [0.2, 0.25) is 5.02 Å². The van der Waals surface area contributed by atoms with Crippen molar-refractivity contribution in [2.24, 2.45) is 0 Å². The van der Waals surface area contributed by atoms with Gasteiger partial charge in [0.2, 0.25) is 5.91 Å². The van der Waals surface area contributed by atoms with E-state index in [0.717, 1.165) is 59.9 Å². The standard InChI is InChI=1S/C23H24ClNO2/c1-14-13-19(15(2)12-18(14)16-6-8-17(24)9-7-16)20-21(26)23(25-22(20)27)10-4-3-5-11-23/h6-9,12-13,20H,3-5,10-11H2,1-2H3,(H,25,27). The van der Waals surface area contributed by atoms with Gasteiger partial charge in [0.05, 0.1) is 5.54 Å². The van der Waals surface area contributed by atoms with E-state index < -0.39 is 11.5 Å². The topological polar surface area (TPSA) is 46.2 Å². The zero-order chi connectivity index (χ0) is 19.2. The summed E-state index contributed by atoms with van der Waals surface area (Å²) in [5.41, 5.74) is 4.43. The van der Waals surface area contributed by atoms with Gasteiger partial charge in [0.1, 0.15) is 5.92 Å². The molecule has 4 heteroatoms. The van der Waals surface area contributed by atoms with Crippen LogP contribution in [-0.2, 0) is 9.59 Å². The number of hydrogen-bond donors (Lipinski definition) is 1. The van der Waals surface area contributed by atoms with Crippen LogP contribution >= 0.6 is 11.6 Å². The van der Waals surface area contributed by atoms with E-state index >= 15 is 0 Å². The molecule has 2 aliphatic rings. The molecule has 1 atom stereocenters. The Hall–Kier alpha value is -2.13. The van der Waals surface area contributed by atoms with Crippen LogP contribution in [0.15, 0.2) is 36.4 Å². The molecule has 1 saturated heterocycles. The smallest absolute Gasteiger partial charge is 0.235 e. The first-order chi connectivity index (χ1) is 12.9. The lowest BCUT2D eigenvalue weighted by molar-refractivity contribution is -0.125. The molecule has 1 unspecified atom stereocenters. The van der Waals surface area contributed by atoms with E-state index in [1.54, 1.807) is 0 Å². The number of nitrogens with one attached hydrogen (secondary N) is 1. The Morgan fingerprint density at radius 3 is 2.30 bits per heavy atom. The minimum absolute atomic E-state index is 0.0638. The van der Waals surface area contributed by atoms with Crippen LogP contribution in [0.5, 0.6) is 0 Å². The summed E-state index contributed by atoms with van der Waals surface area (Å²) in [4.78, 5) is 26.0. The normalized spacial score (nSPS) is 21.5. The third-order valence-electron chi connectivity index (χ3n) is 6.14. The lowest BCUT2D eigenvalue weighted by atomic mass is 9.76. The Morgan fingerprint density at radius 1 is 0.963 bits per heavy atom. The highest BCUT2D eigenvalue weighted by Crippen LogP contribution is 2.41. The first-order valence-electron chi connectivity index (χ1n) is 9.65. The summed E-state index contributed by atoms with van der Waals surface area (Å²) in [6, 6.07) is 11.8. The molecular weight excluding hydrogens is 358 g/mol. The molecule has 0 bridgehead atoms. The summed E-state index contributed by atoms with van der Waals surface area (Å²) in [7, 11) is 0. The number of benzene rings is 2. The van der Waals surface area contributed by atoms with Crippen molar-refractivity contribution in [1.29, 1.82) is 0 Å². The fourth-order valence-corrected chi connectivity index (χ4v) is 4.79. The van der Waals surface area contributed by atoms with Crippen molar-refractivity contribution in [2.45, 2.75) is 57.4 Å². The molecule has 2 aromatic carbocycles. The summed E-state index contributed by atoms with van der Waals surface area (Å²) >= 11 is 6.00. The van der Waals surface area contributed by atoms with Crippen molar-refractivity contribution < 1.29 is 9.59 Å². The van der Waals surface area contributed by atoms with Gasteiger partial charge < -0.3 is 5.32 Å². The van der Waals surface area contributed by atoms with E-state index in [2.05, 4.69) is 11.4 Å². The highest BCUT2D eigenvalue weighted by atomic mass is 35.5. The van der Waals surface area contributed by atoms with Crippen molar-refractivity contribution in [3.63, 3.8) is 0 Å². The molecule has 0 aromatic heterocycles. The molecule has 3 nitrogen and oxygen atoms in total. The van der Waals surface area contributed by atoms with Crippen molar-refractivity contribution in [1.82, 2.24) is 5.32 Å². The molecule has 1 spiro atoms. The molecule has 27 heavy (non-hydrogen) atoms. The van der Waals surface area contributed by atoms with Crippen molar-refractivity contribution >= 4 is 23.3 Å². The van der Waals surface area contributed by atoms with Crippen LogP contribution in [0, 0.1) is 13.8 Å². The van der Waals surface area contributed by atoms with Crippen molar-refractivity contribution in [3.05, 3.63) is 58.1 Å². The molecule has 0 radical (unpaired) electrons. The second kappa shape index (κ2) is 6.79. The van der Waals surface area contributed by atoms with Gasteiger partial charge in [-0.2, -0.15) is 0 Å². The summed E-state index contributed by atoms with van der Waals surface area (Å²) in [5, 5.41) is 3.77. The Kier molecular flexibility index (Phi) is 4.59. The summed E-state index contributed by atoms with van der Waals surface area (Å²) in [6.45, 7) is 4.02. The number of rotatable bonds is 2. The van der Waals surface area contributed by atoms with Gasteiger partial charge in [-0.25, -0.2) is 0 Å². The maximum Gasteiger partial charge on any atom is 0.235 e. The predicted octanol–water partition coefficient (Wildman–Crippen LogP) is 5.11. The van der Waals surface area contributed by atoms with Crippen LogP contribution < -0.4 is 5.32 Å². The second-order valence-corrected chi connectivity index (χ2v) is 8.40. The number of halogens is 1. The van der Waals surface area contributed by atoms with Gasteiger partial charge in [0, 0.05) is 5.02 Å². The number of ketones is 1. The summed E-state index contributed by atoms with van der Waals surface area (Å²) < 4.78 is 0. The highest BCUT2D eigenvalue weighted by Gasteiger charge is 2.53. The number of Topliss-reactive ketones (excluding diaryl/α,β-unsaturated/α-hetero) is 1. The lowest BCUT2D eigenvalue weighted by Gasteiger charge is -2.31. The molecule has 1 amide bonds. The SMILES string of the molecule is Cc1cc(C2C(=O)NC3(CCCCC3)C2=O)c(C)cc1-c1ccc(Cl)cc1. The molecule has 2 aromatic rings. The summed E-state index contributed by atoms with van der Waals surface area (Å²) in [6.07, 6.45) is 4.70. The van der Waals surface area contributed by atoms with Crippen molar-refractivity contribution in [2.75, 3.05) is 0 Å². The van der Waals surface area contributed by atoms with Crippen LogP contribution in [0.4, 0.5) is 0 Å². The second-order valence-electron chi connectivity index (χ2n) is 7.96. The van der Waals surface area contributed by atoms with Gasteiger partial charge >= 0.3 is 0 Å². The average Bonchev–Trinajstić information content (AvgIpc) is 2.88. The van der Waals surface area contributed by atoms with Crippen LogP contribution in [0.1, 0.15) is 54.7 Å². The number of aryl methyl sites for hydroxylation is 2. The van der Waals surface area contributed by atoms with Crippen LogP contribution in [-0.4, -0.2) is 17.2 Å². The Morgan fingerprint density at radius 2 is 1.63 bits per heavy atom. The molecule has 1 N–H and O–H groups in total. The molecule has 4 rings (SSSR count). The molecule has 1 saturated carbocycles. The Labute approximate surface area is 165 Å². The quantitative estimate of drug-likeness (QED) is 0.735. The van der Waals surface area contributed by atoms with Crippen LogP contribution in [0.25, 0.3) is 11.1 Å². The Balaban J connectivity index is 1.72. The molecule has 140 valence electrons. The van der Waals surface area contributed by atoms with Gasteiger partial charge in [-0.1, -0.05) is 55.1 Å². The molecule has 1 heterocycles. The minimum Gasteiger partial charge on any atom is -0.343 e. The van der Waals surface area contributed by atoms with Gasteiger partial charge in [0.15, 0.2) is 5.78 Å². The molecule has 2 fully saturated rings. The first-order valence-corrected chi connectivity index (χ1v) is 10.0. The lowest BCUT2D eigenvalue weighted by Crippen LogP contribution is -2.47. The van der Waals surface area contributed by atoms with Gasteiger partial charge in [-0.05, 0) is 66.6 Å². The maximum absolute atomic E-state index is 13.3. The fourth-order valence-electron chi connectivity index (χ4n) is 4.66. The van der Waals surface area contributed by atoms with Gasteiger partial charge in [-0.15, -0.1) is 0 Å². The third kappa shape index (κ3) is 3.08. The van der Waals surface area contributed by atoms with E-state index in [-0.39, 0.29) is 11.7 Å². The summed E-state index contributed by atoms with van der Waals surface area (Å²) in [5.74, 6) is -0.751. The van der Waals surface area contributed by atoms with Gasteiger partial charge in [-0.3, -0.25) is 9.59 Å². The maximum atomic E-state index is 13.3. The zero-order valence-corrected chi connectivity index (χ0v) is 16.5. The zero-order valence-electron chi connectivity index (χ0n) is 15.8. The number of amides is 1. The molecular formula is C23H24ClNO2. The monoisotopic (exact) mass is 381 g/mol. The highest BCUT2D eigenvalue weighted by molar-refractivity contribution is 6.30. The van der Waals surface area contributed by atoms with E-state index in [0.29, 0.717) is 5.02 Å². The van der Waals surface area contributed by atoms with E-state index in [1.165, 1.54) is 0 Å². The van der Waals surface area contributed by atoms with E-state index in [9.17, 15) is 9.59 Å². The predicted molar refractivity (Wildman–Crippen MR) is 108 cm³/mol. The minimum atomic E-state index is -0.680. The van der Waals surface area contributed by atoms with Crippen LogP contribution in [0.3, 0.4) is 0 Å². The van der Waals surface area contributed by atoms with E-state index in [1.807, 2.05) is 44.2 Å². The largest absolute Gasteiger partial charge is 0.343 e. The first kappa shape index (κ1) is 18.2. The average molecular weight is 382 g/mol. The fraction of sp³-hybridized carbons (Fsp3) is 0.391. The Bertz CT molecular complexity index is 911. The number of carbonyl (C=O) groups excluding carboxylic acids is 2. The number of carbonyl (C=O) groups is 2. The van der Waals surface area contributed by atoms with E-state index in [4.69, 9.17) is 11.6 Å². The van der Waals surface area contributed by atoms with Gasteiger partial charge in [0.25, 0.3) is 0 Å². The third-order valence-corrected chi connectivity index (χ3v) is 6.40.